The quantitative estimate of drug-likeness (QED) is 0.255. The summed E-state index contributed by atoms with van der Waals surface area (Å²) in [5, 5.41) is 24.8. The number of thiazole rings is 1. The van der Waals surface area contributed by atoms with Gasteiger partial charge in [-0.2, -0.15) is 5.10 Å². The van der Waals surface area contributed by atoms with Crippen molar-refractivity contribution in [3.05, 3.63) is 40.4 Å². The van der Waals surface area contributed by atoms with Crippen molar-refractivity contribution in [3.8, 4) is 5.75 Å². The Hall–Kier alpha value is -2.92. The van der Waals surface area contributed by atoms with Crippen molar-refractivity contribution in [3.63, 3.8) is 0 Å². The second kappa shape index (κ2) is 7.14. The van der Waals surface area contributed by atoms with Gasteiger partial charge < -0.3 is 26.4 Å². The minimum absolute atomic E-state index is 0.0322. The van der Waals surface area contributed by atoms with Crippen LogP contribution in [0.3, 0.4) is 0 Å². The van der Waals surface area contributed by atoms with Crippen LogP contribution in [0.2, 0.25) is 5.82 Å². The molecular weight excluding hydrogens is 359 g/mol. The lowest BCUT2D eigenvalue weighted by molar-refractivity contribution is -0.113. The number of aromatic nitrogens is 1. The van der Waals surface area contributed by atoms with E-state index in [9.17, 15) is 19.7 Å². The molecule has 2 heterocycles. The Labute approximate surface area is 152 Å². The zero-order valence-electron chi connectivity index (χ0n) is 13.5. The molecule has 0 amide bonds. The summed E-state index contributed by atoms with van der Waals surface area (Å²) < 4.78 is 5.38. The van der Waals surface area contributed by atoms with E-state index in [1.165, 1.54) is 6.07 Å². The highest BCUT2D eigenvalue weighted by atomic mass is 32.1. The second-order valence-electron chi connectivity index (χ2n) is 5.75. The van der Waals surface area contributed by atoms with Gasteiger partial charge in [0.05, 0.1) is 5.56 Å². The number of carboxylic acid groups (broad SMARTS) is 1. The van der Waals surface area contributed by atoms with Crippen LogP contribution in [0.1, 0.15) is 28.0 Å². The summed E-state index contributed by atoms with van der Waals surface area (Å²) in [6.07, 6.45) is 0.186. The van der Waals surface area contributed by atoms with Gasteiger partial charge in [0, 0.05) is 17.6 Å². The molecule has 1 aromatic heterocycles. The molecule has 26 heavy (non-hydrogen) atoms. The Bertz CT molecular complexity index is 900. The molecule has 6 N–H and O–H groups in total. The van der Waals surface area contributed by atoms with E-state index in [4.69, 9.17) is 16.2 Å². The minimum Gasteiger partial charge on any atom is -0.535 e. The van der Waals surface area contributed by atoms with Gasteiger partial charge in [-0.15, -0.1) is 11.3 Å². The van der Waals surface area contributed by atoms with Crippen LogP contribution < -0.4 is 16.2 Å². The Morgan fingerprint density at radius 1 is 1.46 bits per heavy atom. The van der Waals surface area contributed by atoms with Crippen LogP contribution in [-0.2, 0) is 11.2 Å². The Morgan fingerprint density at radius 3 is 2.85 bits per heavy atom. The molecule has 0 aliphatic carbocycles. The number of para-hydroxylation sites is 1. The van der Waals surface area contributed by atoms with E-state index < -0.39 is 24.7 Å². The molecule has 1 aliphatic heterocycles. The second-order valence-corrected chi connectivity index (χ2v) is 6.64. The standard InChI is InChI=1S/C15H15BN4O5S/c17-15-19-10(6-26-15)12(20-18)11(21)5-8-4-7-2-1-3-9(14(22)23)13(7)25-16(8)24/h1-3,6,8,24H,4-5,18H2,(H2,17,19)(H,22,23)/t8-/m1/s1. The molecule has 2 aromatic rings. The molecule has 1 aliphatic rings. The number of nitrogens with two attached hydrogens (primary N) is 2. The number of hydrogen-bond acceptors (Lipinski definition) is 9. The number of nitrogen functional groups attached to an aromatic ring is 1. The van der Waals surface area contributed by atoms with Gasteiger partial charge >= 0.3 is 13.1 Å². The zero-order chi connectivity index (χ0) is 18.8. The van der Waals surface area contributed by atoms with Crippen LogP contribution in [0, 0.1) is 0 Å². The molecule has 0 saturated carbocycles. The van der Waals surface area contributed by atoms with Crippen molar-refractivity contribution < 1.29 is 24.4 Å². The number of fused-ring (bicyclic) bond motifs is 1. The molecule has 0 saturated heterocycles. The van der Waals surface area contributed by atoms with Crippen LogP contribution >= 0.6 is 11.3 Å². The number of ketones is 1. The number of carboxylic acids is 1. The molecule has 11 heteroatoms. The van der Waals surface area contributed by atoms with E-state index in [1.54, 1.807) is 17.5 Å². The maximum absolute atomic E-state index is 12.5. The summed E-state index contributed by atoms with van der Waals surface area (Å²) in [4.78, 5) is 27.8. The number of nitrogens with zero attached hydrogens (tertiary/aromatic N) is 2. The smallest absolute Gasteiger partial charge is 0.526 e. The van der Waals surface area contributed by atoms with Gasteiger partial charge in [0.25, 0.3) is 0 Å². The molecule has 1 aromatic carbocycles. The molecule has 134 valence electrons. The van der Waals surface area contributed by atoms with Crippen molar-refractivity contribution in [1.29, 1.82) is 0 Å². The van der Waals surface area contributed by atoms with Gasteiger partial charge in [0.15, 0.2) is 16.6 Å². The normalized spacial score (nSPS) is 16.7. The highest BCUT2D eigenvalue weighted by molar-refractivity contribution is 7.13. The number of benzene rings is 1. The fraction of sp³-hybridized carbons (Fsp3) is 0.200. The largest absolute Gasteiger partial charge is 0.535 e. The van der Waals surface area contributed by atoms with E-state index in [-0.39, 0.29) is 40.7 Å². The van der Waals surface area contributed by atoms with Crippen molar-refractivity contribution in [2.75, 3.05) is 5.73 Å². The molecule has 1 atom stereocenters. The van der Waals surface area contributed by atoms with E-state index >= 15 is 0 Å². The lowest BCUT2D eigenvalue weighted by Gasteiger charge is -2.27. The van der Waals surface area contributed by atoms with Gasteiger partial charge in [0.1, 0.15) is 11.4 Å². The maximum atomic E-state index is 12.5. The Balaban J connectivity index is 1.80. The highest BCUT2D eigenvalue weighted by Crippen LogP contribution is 2.36. The SMILES string of the molecule is NN=C(C(=O)C[C@H]1Cc2cccc(C(=O)O)c2OB1O)c1csc(N)n1. The molecule has 3 rings (SSSR count). The average molecular weight is 374 g/mol. The maximum Gasteiger partial charge on any atom is 0.526 e. The van der Waals surface area contributed by atoms with Crippen LogP contribution in [0.25, 0.3) is 0 Å². The summed E-state index contributed by atoms with van der Waals surface area (Å²) in [5.74, 6) is 3.30. The number of aromatic carboxylic acids is 1. The van der Waals surface area contributed by atoms with Crippen LogP contribution in [0.4, 0.5) is 5.13 Å². The Kier molecular flexibility index (Phi) is 4.91. The topological polar surface area (TPSA) is 161 Å². The van der Waals surface area contributed by atoms with Crippen LogP contribution in [0.5, 0.6) is 5.75 Å². The number of Topliss-reactive ketones (excluding diaryl/α,β-unsaturated/α-hetero) is 1. The first-order valence-corrected chi connectivity index (χ1v) is 8.51. The van der Waals surface area contributed by atoms with Gasteiger partial charge in [-0.3, -0.25) is 4.79 Å². The van der Waals surface area contributed by atoms with Crippen LogP contribution in [-0.4, -0.2) is 39.7 Å². The monoisotopic (exact) mass is 374 g/mol. The lowest BCUT2D eigenvalue weighted by Crippen LogP contribution is -2.37. The van der Waals surface area contributed by atoms with Crippen LogP contribution in [0.15, 0.2) is 28.7 Å². The third kappa shape index (κ3) is 3.39. The molecule has 0 unspecified atom stereocenters. The van der Waals surface area contributed by atoms with Crippen molar-refractivity contribution in [1.82, 2.24) is 4.98 Å². The summed E-state index contributed by atoms with van der Waals surface area (Å²) >= 11 is 1.16. The molecular formula is C15H15BN4O5S. The number of hydrogen-bond donors (Lipinski definition) is 4. The number of carbonyl (C=O) groups excluding carboxylic acids is 1. The summed E-state index contributed by atoms with van der Waals surface area (Å²) in [6, 6.07) is 4.68. The van der Waals surface area contributed by atoms with Crippen molar-refractivity contribution in [2.24, 2.45) is 10.9 Å². The van der Waals surface area contributed by atoms with Crippen molar-refractivity contribution in [2.45, 2.75) is 18.7 Å². The number of rotatable bonds is 5. The molecule has 9 nitrogen and oxygen atoms in total. The summed E-state index contributed by atoms with van der Waals surface area (Å²) in [6.45, 7) is 0. The van der Waals surface area contributed by atoms with E-state index in [2.05, 4.69) is 10.1 Å². The highest BCUT2D eigenvalue weighted by Gasteiger charge is 2.38. The lowest BCUT2D eigenvalue weighted by atomic mass is 9.64. The minimum atomic E-state index is -1.33. The Morgan fingerprint density at radius 2 is 2.23 bits per heavy atom. The van der Waals surface area contributed by atoms with Crippen molar-refractivity contribution >= 4 is 41.1 Å². The summed E-state index contributed by atoms with van der Waals surface area (Å²) in [7, 11) is -1.33. The first-order valence-electron chi connectivity index (χ1n) is 7.63. The molecule has 0 bridgehead atoms. The third-order valence-electron chi connectivity index (χ3n) is 4.06. The fourth-order valence-corrected chi connectivity index (χ4v) is 3.39. The molecule has 0 radical (unpaired) electrons. The molecule has 0 spiro atoms. The van der Waals surface area contributed by atoms with Gasteiger partial charge in [-0.05, 0) is 18.1 Å². The van der Waals surface area contributed by atoms with E-state index in [0.29, 0.717) is 5.56 Å². The first-order chi connectivity index (χ1) is 12.4. The van der Waals surface area contributed by atoms with Gasteiger partial charge in [-0.1, -0.05) is 12.1 Å². The number of carbonyl (C=O) groups is 2. The fourth-order valence-electron chi connectivity index (χ4n) is 2.84. The van der Waals surface area contributed by atoms with Gasteiger partial charge in [0.2, 0.25) is 0 Å². The summed E-state index contributed by atoms with van der Waals surface area (Å²) in [5.41, 5.74) is 6.38. The predicted octanol–water partition coefficient (Wildman–Crippen LogP) is 0.531. The van der Waals surface area contributed by atoms with E-state index in [1.807, 2.05) is 0 Å². The number of anilines is 1. The average Bonchev–Trinajstić information content (AvgIpc) is 3.01. The predicted molar refractivity (Wildman–Crippen MR) is 96.3 cm³/mol. The number of hydrazone groups is 1. The first kappa shape index (κ1) is 17.9. The third-order valence-corrected chi connectivity index (χ3v) is 4.73. The zero-order valence-corrected chi connectivity index (χ0v) is 14.3. The van der Waals surface area contributed by atoms with E-state index in [0.717, 1.165) is 11.3 Å². The van der Waals surface area contributed by atoms with Gasteiger partial charge in [-0.25, -0.2) is 9.78 Å². The molecule has 0 fully saturated rings.